The summed E-state index contributed by atoms with van der Waals surface area (Å²) in [4.78, 5) is 11.7. The van der Waals surface area contributed by atoms with E-state index in [1.807, 2.05) is 0 Å². The Morgan fingerprint density at radius 2 is 1.73 bits per heavy atom. The predicted molar refractivity (Wildman–Crippen MR) is 53.1 cm³/mol. The van der Waals surface area contributed by atoms with Crippen LogP contribution in [-0.2, 0) is 0 Å². The van der Waals surface area contributed by atoms with Crippen LogP contribution in [0.4, 0.5) is 5.95 Å². The maximum atomic E-state index is 9.07. The molecule has 1 rings (SSSR count). The van der Waals surface area contributed by atoms with Crippen LogP contribution in [0.5, 0.6) is 12.0 Å². The van der Waals surface area contributed by atoms with Gasteiger partial charge in [-0.2, -0.15) is 9.97 Å². The van der Waals surface area contributed by atoms with Crippen LogP contribution in [0, 0.1) is 0 Å². The molecule has 0 spiro atoms. The van der Waals surface area contributed by atoms with Crippen LogP contribution in [0.15, 0.2) is 0 Å². The van der Waals surface area contributed by atoms with Gasteiger partial charge >= 0.3 is 12.0 Å². The SMILES string of the molecule is COc1nc(NCC(C)O)nc(OC)n1. The zero-order valence-electron chi connectivity index (χ0n) is 8.89. The van der Waals surface area contributed by atoms with Gasteiger partial charge in [0.2, 0.25) is 5.95 Å². The molecule has 1 aromatic rings. The van der Waals surface area contributed by atoms with E-state index in [1.54, 1.807) is 6.92 Å². The van der Waals surface area contributed by atoms with E-state index < -0.39 is 6.10 Å². The fourth-order valence-corrected chi connectivity index (χ4v) is 0.839. The molecule has 7 nitrogen and oxygen atoms in total. The number of aliphatic hydroxyl groups excluding tert-OH is 1. The fourth-order valence-electron chi connectivity index (χ4n) is 0.839. The van der Waals surface area contributed by atoms with E-state index in [0.29, 0.717) is 12.5 Å². The third-order valence-corrected chi connectivity index (χ3v) is 1.52. The lowest BCUT2D eigenvalue weighted by atomic mass is 10.4. The number of nitrogens with zero attached hydrogens (tertiary/aromatic N) is 3. The van der Waals surface area contributed by atoms with Crippen LogP contribution < -0.4 is 14.8 Å². The van der Waals surface area contributed by atoms with Gasteiger partial charge in [0, 0.05) is 6.54 Å². The van der Waals surface area contributed by atoms with Crippen molar-refractivity contribution in [3.8, 4) is 12.0 Å². The van der Waals surface area contributed by atoms with Crippen LogP contribution in [-0.4, -0.2) is 46.9 Å². The standard InChI is InChI=1S/C8H14N4O3/c1-5(13)4-9-6-10-7(14-2)12-8(11-6)15-3/h5,13H,4H2,1-3H3,(H,9,10,11,12). The molecule has 2 N–H and O–H groups in total. The summed E-state index contributed by atoms with van der Waals surface area (Å²) in [6.07, 6.45) is -0.487. The first-order valence-corrected chi connectivity index (χ1v) is 4.41. The molecule has 0 saturated carbocycles. The second kappa shape index (κ2) is 5.30. The van der Waals surface area contributed by atoms with Crippen molar-refractivity contribution >= 4 is 5.95 Å². The third-order valence-electron chi connectivity index (χ3n) is 1.52. The number of hydrogen-bond acceptors (Lipinski definition) is 7. The van der Waals surface area contributed by atoms with Crippen molar-refractivity contribution in [1.29, 1.82) is 0 Å². The minimum absolute atomic E-state index is 0.162. The Hall–Kier alpha value is -1.63. The Morgan fingerprint density at radius 1 is 1.20 bits per heavy atom. The summed E-state index contributed by atoms with van der Waals surface area (Å²) in [7, 11) is 2.90. The third kappa shape index (κ3) is 3.55. The van der Waals surface area contributed by atoms with E-state index in [0.717, 1.165) is 0 Å². The van der Waals surface area contributed by atoms with Crippen LogP contribution in [0.1, 0.15) is 6.92 Å². The number of rotatable bonds is 5. The lowest BCUT2D eigenvalue weighted by Gasteiger charge is -2.08. The normalized spacial score (nSPS) is 12.0. The molecule has 0 aliphatic carbocycles. The number of anilines is 1. The highest BCUT2D eigenvalue weighted by Crippen LogP contribution is 2.11. The summed E-state index contributed by atoms with van der Waals surface area (Å²) < 4.78 is 9.72. The van der Waals surface area contributed by atoms with Crippen molar-refractivity contribution in [3.05, 3.63) is 0 Å². The van der Waals surface area contributed by atoms with E-state index in [9.17, 15) is 0 Å². The molecule has 0 aliphatic heterocycles. The van der Waals surface area contributed by atoms with Gasteiger partial charge in [-0.3, -0.25) is 0 Å². The number of nitrogens with one attached hydrogen (secondary N) is 1. The molecule has 1 unspecified atom stereocenters. The van der Waals surface area contributed by atoms with Gasteiger partial charge < -0.3 is 19.9 Å². The van der Waals surface area contributed by atoms with Crippen LogP contribution in [0.3, 0.4) is 0 Å². The molecule has 7 heteroatoms. The predicted octanol–water partition coefficient (Wildman–Crippen LogP) is -0.319. The summed E-state index contributed by atoms with van der Waals surface area (Å²) in [6.45, 7) is 2.00. The summed E-state index contributed by atoms with van der Waals surface area (Å²) in [6, 6.07) is 0.324. The van der Waals surface area contributed by atoms with Gasteiger partial charge in [0.25, 0.3) is 0 Å². The molecule has 84 valence electrons. The largest absolute Gasteiger partial charge is 0.467 e. The average Bonchev–Trinajstić information content (AvgIpc) is 2.25. The summed E-state index contributed by atoms with van der Waals surface area (Å²) in [5.74, 6) is 0.305. The number of methoxy groups -OCH3 is 2. The number of ether oxygens (including phenoxy) is 2. The smallest absolute Gasteiger partial charge is 0.324 e. The molecule has 1 heterocycles. The van der Waals surface area contributed by atoms with Crippen molar-refractivity contribution in [2.45, 2.75) is 13.0 Å². The lowest BCUT2D eigenvalue weighted by molar-refractivity contribution is 0.208. The van der Waals surface area contributed by atoms with Gasteiger partial charge in [-0.25, -0.2) is 0 Å². The number of aliphatic hydroxyl groups is 1. The first kappa shape index (κ1) is 11.4. The van der Waals surface area contributed by atoms with Crippen molar-refractivity contribution in [1.82, 2.24) is 15.0 Å². The van der Waals surface area contributed by atoms with Gasteiger partial charge in [0.05, 0.1) is 20.3 Å². The molecule has 0 radical (unpaired) electrons. The van der Waals surface area contributed by atoms with E-state index >= 15 is 0 Å². The summed E-state index contributed by atoms with van der Waals surface area (Å²) in [5.41, 5.74) is 0. The summed E-state index contributed by atoms with van der Waals surface area (Å²) >= 11 is 0. The molecular weight excluding hydrogens is 200 g/mol. The minimum Gasteiger partial charge on any atom is -0.467 e. The summed E-state index contributed by atoms with van der Waals surface area (Å²) in [5, 5.41) is 11.9. The molecule has 0 aliphatic rings. The highest BCUT2D eigenvalue weighted by atomic mass is 16.5. The maximum Gasteiger partial charge on any atom is 0.324 e. The van der Waals surface area contributed by atoms with Gasteiger partial charge in [-0.05, 0) is 6.92 Å². The Morgan fingerprint density at radius 3 is 2.13 bits per heavy atom. The van der Waals surface area contributed by atoms with Crippen molar-refractivity contribution in [2.75, 3.05) is 26.1 Å². The monoisotopic (exact) mass is 214 g/mol. The highest BCUT2D eigenvalue weighted by molar-refractivity contribution is 5.27. The van der Waals surface area contributed by atoms with Gasteiger partial charge in [0.1, 0.15) is 0 Å². The molecule has 0 bridgehead atoms. The average molecular weight is 214 g/mol. The number of aromatic nitrogens is 3. The Kier molecular flexibility index (Phi) is 4.04. The van der Waals surface area contributed by atoms with E-state index in [2.05, 4.69) is 20.3 Å². The Balaban J connectivity index is 2.77. The van der Waals surface area contributed by atoms with Crippen molar-refractivity contribution < 1.29 is 14.6 Å². The molecule has 0 fully saturated rings. The van der Waals surface area contributed by atoms with Gasteiger partial charge in [-0.15, -0.1) is 4.98 Å². The highest BCUT2D eigenvalue weighted by Gasteiger charge is 2.06. The second-order valence-corrected chi connectivity index (χ2v) is 2.86. The maximum absolute atomic E-state index is 9.07. The molecule has 1 aromatic heterocycles. The van der Waals surface area contributed by atoms with Crippen LogP contribution in [0.2, 0.25) is 0 Å². The van der Waals surface area contributed by atoms with Gasteiger partial charge in [-0.1, -0.05) is 0 Å². The zero-order chi connectivity index (χ0) is 11.3. The van der Waals surface area contributed by atoms with Crippen LogP contribution in [0.25, 0.3) is 0 Å². The Labute approximate surface area is 87.5 Å². The molecule has 0 amide bonds. The Bertz CT molecular complexity index is 297. The van der Waals surface area contributed by atoms with Crippen LogP contribution >= 0.6 is 0 Å². The number of hydrogen-bond donors (Lipinski definition) is 2. The fraction of sp³-hybridized carbons (Fsp3) is 0.625. The van der Waals surface area contributed by atoms with E-state index in [-0.39, 0.29) is 12.0 Å². The molecular formula is C8H14N4O3. The topological polar surface area (TPSA) is 89.4 Å². The molecule has 15 heavy (non-hydrogen) atoms. The molecule has 0 aromatic carbocycles. The quantitative estimate of drug-likeness (QED) is 0.694. The first-order valence-electron chi connectivity index (χ1n) is 4.41. The van der Waals surface area contributed by atoms with Crippen molar-refractivity contribution in [3.63, 3.8) is 0 Å². The lowest BCUT2D eigenvalue weighted by Crippen LogP contribution is -2.17. The van der Waals surface area contributed by atoms with Crippen molar-refractivity contribution in [2.24, 2.45) is 0 Å². The van der Waals surface area contributed by atoms with E-state index in [1.165, 1.54) is 14.2 Å². The molecule has 0 saturated heterocycles. The minimum atomic E-state index is -0.487. The second-order valence-electron chi connectivity index (χ2n) is 2.86. The first-order chi connectivity index (χ1) is 7.15. The van der Waals surface area contributed by atoms with Gasteiger partial charge in [0.15, 0.2) is 0 Å². The van der Waals surface area contributed by atoms with E-state index in [4.69, 9.17) is 14.6 Å². The molecule has 1 atom stereocenters. The zero-order valence-corrected chi connectivity index (χ0v) is 8.89.